The number of anilines is 1. The SMILES string of the molecule is Cn1ncc(N2CCNCC2(C)C)c(Cl)c1=O. The van der Waals surface area contributed by atoms with Crippen molar-refractivity contribution < 1.29 is 0 Å². The third-order valence-electron chi connectivity index (χ3n) is 3.15. The molecule has 1 aromatic rings. The van der Waals surface area contributed by atoms with Crippen molar-refractivity contribution in [3.05, 3.63) is 21.6 Å². The summed E-state index contributed by atoms with van der Waals surface area (Å²) in [6, 6.07) is 0. The second kappa shape index (κ2) is 4.31. The van der Waals surface area contributed by atoms with E-state index in [9.17, 15) is 4.79 Å². The highest BCUT2D eigenvalue weighted by molar-refractivity contribution is 6.33. The molecule has 0 aliphatic carbocycles. The van der Waals surface area contributed by atoms with E-state index in [1.807, 2.05) is 0 Å². The summed E-state index contributed by atoms with van der Waals surface area (Å²) in [7, 11) is 1.60. The monoisotopic (exact) mass is 256 g/mol. The lowest BCUT2D eigenvalue weighted by Crippen LogP contribution is -2.58. The average Bonchev–Trinajstić information content (AvgIpc) is 2.27. The van der Waals surface area contributed by atoms with Crippen molar-refractivity contribution >= 4 is 17.3 Å². The zero-order valence-electron chi connectivity index (χ0n) is 10.3. The molecule has 1 N–H and O–H groups in total. The summed E-state index contributed by atoms with van der Waals surface area (Å²) >= 11 is 6.12. The number of nitrogens with zero attached hydrogens (tertiary/aromatic N) is 3. The van der Waals surface area contributed by atoms with E-state index in [-0.39, 0.29) is 16.1 Å². The van der Waals surface area contributed by atoms with Gasteiger partial charge in [0.15, 0.2) is 0 Å². The third-order valence-corrected chi connectivity index (χ3v) is 3.51. The van der Waals surface area contributed by atoms with Crippen LogP contribution in [0.15, 0.2) is 11.0 Å². The van der Waals surface area contributed by atoms with Gasteiger partial charge in [-0.1, -0.05) is 11.6 Å². The minimum Gasteiger partial charge on any atom is -0.361 e. The van der Waals surface area contributed by atoms with Gasteiger partial charge in [0.05, 0.1) is 11.9 Å². The van der Waals surface area contributed by atoms with E-state index in [4.69, 9.17) is 11.6 Å². The predicted octanol–water partition coefficient (Wildman–Crippen LogP) is 0.622. The maximum Gasteiger partial charge on any atom is 0.287 e. The molecule has 0 saturated carbocycles. The maximum absolute atomic E-state index is 11.8. The number of aromatic nitrogens is 2. The van der Waals surface area contributed by atoms with E-state index in [2.05, 4.69) is 29.2 Å². The Balaban J connectivity index is 2.46. The van der Waals surface area contributed by atoms with Crippen LogP contribution in [0.25, 0.3) is 0 Å². The number of hydrogen-bond acceptors (Lipinski definition) is 4. The van der Waals surface area contributed by atoms with Crippen molar-refractivity contribution in [1.29, 1.82) is 0 Å². The molecule has 0 bridgehead atoms. The summed E-state index contributed by atoms with van der Waals surface area (Å²) in [5.74, 6) is 0. The molecule has 1 aliphatic rings. The van der Waals surface area contributed by atoms with Crippen LogP contribution < -0.4 is 15.8 Å². The summed E-state index contributed by atoms with van der Waals surface area (Å²) in [4.78, 5) is 13.9. The van der Waals surface area contributed by atoms with Crippen LogP contribution in [0.3, 0.4) is 0 Å². The van der Waals surface area contributed by atoms with Gasteiger partial charge in [-0.15, -0.1) is 0 Å². The molecule has 1 aromatic heterocycles. The van der Waals surface area contributed by atoms with Crippen LogP contribution >= 0.6 is 11.6 Å². The molecule has 0 spiro atoms. The second-order valence-corrected chi connectivity index (χ2v) is 5.29. The quantitative estimate of drug-likeness (QED) is 0.801. The molecule has 0 atom stereocenters. The Morgan fingerprint density at radius 2 is 2.24 bits per heavy atom. The molecule has 0 unspecified atom stereocenters. The molecule has 94 valence electrons. The number of piperazine rings is 1. The molecule has 0 aromatic carbocycles. The van der Waals surface area contributed by atoms with E-state index in [0.29, 0.717) is 0 Å². The van der Waals surface area contributed by atoms with Gasteiger partial charge in [0.2, 0.25) is 0 Å². The van der Waals surface area contributed by atoms with Crippen LogP contribution in [-0.2, 0) is 7.05 Å². The van der Waals surface area contributed by atoms with E-state index in [0.717, 1.165) is 25.3 Å². The maximum atomic E-state index is 11.8. The fourth-order valence-corrected chi connectivity index (χ4v) is 2.39. The first-order valence-corrected chi connectivity index (χ1v) is 6.01. The highest BCUT2D eigenvalue weighted by Crippen LogP contribution is 2.28. The first-order valence-electron chi connectivity index (χ1n) is 5.63. The van der Waals surface area contributed by atoms with Crippen molar-refractivity contribution in [3.63, 3.8) is 0 Å². The van der Waals surface area contributed by atoms with Crippen LogP contribution in [0.5, 0.6) is 0 Å². The number of hydrogen-bond donors (Lipinski definition) is 1. The Morgan fingerprint density at radius 3 is 2.88 bits per heavy atom. The Labute approximate surface area is 105 Å². The van der Waals surface area contributed by atoms with Crippen molar-refractivity contribution in [3.8, 4) is 0 Å². The first-order chi connectivity index (χ1) is 7.93. The number of rotatable bonds is 1. The fourth-order valence-electron chi connectivity index (χ4n) is 2.12. The van der Waals surface area contributed by atoms with E-state index >= 15 is 0 Å². The lowest BCUT2D eigenvalue weighted by molar-refractivity contribution is 0.379. The molecule has 2 rings (SSSR count). The van der Waals surface area contributed by atoms with Gasteiger partial charge in [-0.05, 0) is 13.8 Å². The smallest absolute Gasteiger partial charge is 0.287 e. The van der Waals surface area contributed by atoms with Gasteiger partial charge in [-0.2, -0.15) is 5.10 Å². The van der Waals surface area contributed by atoms with Crippen molar-refractivity contribution in [2.75, 3.05) is 24.5 Å². The lowest BCUT2D eigenvalue weighted by Gasteiger charge is -2.44. The fraction of sp³-hybridized carbons (Fsp3) is 0.636. The molecule has 0 radical (unpaired) electrons. The minimum absolute atomic E-state index is 0.0735. The minimum atomic E-state index is -0.251. The van der Waals surface area contributed by atoms with Gasteiger partial charge in [0, 0.05) is 32.2 Å². The Kier molecular flexibility index (Phi) is 3.14. The number of aryl methyl sites for hydroxylation is 1. The largest absolute Gasteiger partial charge is 0.361 e. The summed E-state index contributed by atoms with van der Waals surface area (Å²) in [6.07, 6.45) is 1.66. The number of halogens is 1. The van der Waals surface area contributed by atoms with Crippen LogP contribution in [0, 0.1) is 0 Å². The van der Waals surface area contributed by atoms with Crippen molar-refractivity contribution in [1.82, 2.24) is 15.1 Å². The summed E-state index contributed by atoms with van der Waals surface area (Å²) in [6.45, 7) is 6.80. The summed E-state index contributed by atoms with van der Waals surface area (Å²) in [5, 5.41) is 7.62. The highest BCUT2D eigenvalue weighted by atomic mass is 35.5. The zero-order valence-corrected chi connectivity index (χ0v) is 11.1. The normalized spacial score (nSPS) is 19.4. The summed E-state index contributed by atoms with van der Waals surface area (Å²) in [5.41, 5.74) is 0.399. The standard InChI is InChI=1S/C11H17ClN4O/c1-11(2)7-13-4-5-16(11)8-6-14-15(3)10(17)9(8)12/h6,13H,4-5,7H2,1-3H3. The molecule has 0 amide bonds. The van der Waals surface area contributed by atoms with Crippen LogP contribution in [-0.4, -0.2) is 35.0 Å². The molecule has 6 heteroatoms. The van der Waals surface area contributed by atoms with Gasteiger partial charge >= 0.3 is 0 Å². The average molecular weight is 257 g/mol. The van der Waals surface area contributed by atoms with E-state index < -0.39 is 0 Å². The van der Waals surface area contributed by atoms with Gasteiger partial charge in [-0.3, -0.25) is 4.79 Å². The topological polar surface area (TPSA) is 50.2 Å². The van der Waals surface area contributed by atoms with Gasteiger partial charge < -0.3 is 10.2 Å². The van der Waals surface area contributed by atoms with Crippen LogP contribution in [0.2, 0.25) is 5.02 Å². The van der Waals surface area contributed by atoms with Crippen LogP contribution in [0.1, 0.15) is 13.8 Å². The van der Waals surface area contributed by atoms with E-state index in [1.165, 1.54) is 4.68 Å². The molecule has 1 fully saturated rings. The molecular weight excluding hydrogens is 240 g/mol. The molecule has 5 nitrogen and oxygen atoms in total. The highest BCUT2D eigenvalue weighted by Gasteiger charge is 2.31. The van der Waals surface area contributed by atoms with Crippen LogP contribution in [0.4, 0.5) is 5.69 Å². The van der Waals surface area contributed by atoms with Gasteiger partial charge in [0.25, 0.3) is 5.56 Å². The Morgan fingerprint density at radius 1 is 1.53 bits per heavy atom. The Bertz CT molecular complexity index is 483. The Hall–Kier alpha value is -1.07. The van der Waals surface area contributed by atoms with Crippen molar-refractivity contribution in [2.24, 2.45) is 7.05 Å². The first kappa shape index (κ1) is 12.4. The molecule has 17 heavy (non-hydrogen) atoms. The summed E-state index contributed by atoms with van der Waals surface area (Å²) < 4.78 is 1.25. The molecule has 1 saturated heterocycles. The van der Waals surface area contributed by atoms with E-state index in [1.54, 1.807) is 13.2 Å². The zero-order chi connectivity index (χ0) is 12.6. The predicted molar refractivity (Wildman–Crippen MR) is 68.8 cm³/mol. The molecular formula is C11H17ClN4O. The van der Waals surface area contributed by atoms with Crippen molar-refractivity contribution in [2.45, 2.75) is 19.4 Å². The lowest BCUT2D eigenvalue weighted by atomic mass is 9.99. The molecule has 1 aliphatic heterocycles. The third kappa shape index (κ3) is 2.17. The molecule has 2 heterocycles. The van der Waals surface area contributed by atoms with Gasteiger partial charge in [-0.25, -0.2) is 4.68 Å². The van der Waals surface area contributed by atoms with Gasteiger partial charge in [0.1, 0.15) is 5.02 Å². The second-order valence-electron chi connectivity index (χ2n) is 4.91. The number of nitrogens with one attached hydrogen (secondary N) is 1.